The van der Waals surface area contributed by atoms with Gasteiger partial charge in [0, 0.05) is 33.4 Å². The van der Waals surface area contributed by atoms with Gasteiger partial charge in [-0.1, -0.05) is 30.3 Å². The normalized spacial score (nSPS) is 15.0. The Bertz CT molecular complexity index is 1170. The Labute approximate surface area is 168 Å². The summed E-state index contributed by atoms with van der Waals surface area (Å²) in [5.74, 6) is 0.450. The number of carbonyl (C=O) groups is 1. The van der Waals surface area contributed by atoms with Crippen molar-refractivity contribution in [1.82, 2.24) is 19.0 Å². The van der Waals surface area contributed by atoms with Gasteiger partial charge in [-0.25, -0.2) is 9.78 Å². The molecule has 0 saturated carbocycles. The third-order valence-electron chi connectivity index (χ3n) is 5.81. The van der Waals surface area contributed by atoms with Crippen LogP contribution in [-0.4, -0.2) is 38.0 Å². The lowest BCUT2D eigenvalue weighted by Crippen LogP contribution is -2.39. The van der Waals surface area contributed by atoms with E-state index in [1.54, 1.807) is 13.1 Å². The molecule has 29 heavy (non-hydrogen) atoms. The lowest BCUT2D eigenvalue weighted by Gasteiger charge is -2.32. The van der Waals surface area contributed by atoms with Crippen molar-refractivity contribution in [1.29, 1.82) is 0 Å². The summed E-state index contributed by atoms with van der Waals surface area (Å²) in [7, 11) is 2.99. The van der Waals surface area contributed by atoms with Crippen LogP contribution < -0.4 is 11.2 Å². The molecule has 1 fully saturated rings. The first kappa shape index (κ1) is 19.1. The molecule has 1 amide bonds. The van der Waals surface area contributed by atoms with Gasteiger partial charge in [-0.3, -0.25) is 18.7 Å². The maximum Gasteiger partial charge on any atom is 0.332 e. The quantitative estimate of drug-likeness (QED) is 0.680. The van der Waals surface area contributed by atoms with E-state index in [2.05, 4.69) is 29.2 Å². The van der Waals surface area contributed by atoms with Crippen LogP contribution in [0.2, 0.25) is 0 Å². The lowest BCUT2D eigenvalue weighted by molar-refractivity contribution is 0.0690. The molecule has 0 radical (unpaired) electrons. The highest BCUT2D eigenvalue weighted by Crippen LogP contribution is 2.23. The molecule has 7 nitrogen and oxygen atoms in total. The van der Waals surface area contributed by atoms with Crippen LogP contribution in [0.5, 0.6) is 0 Å². The minimum absolute atomic E-state index is 0.117. The van der Waals surface area contributed by atoms with E-state index in [1.807, 2.05) is 11.0 Å². The summed E-state index contributed by atoms with van der Waals surface area (Å²) >= 11 is 0. The standard InChI is InChI=1S/C22H24N4O3/c1-24-19-18(21(28)25(2)22(24)29)13-17(14-23-19)20(27)26-10-8-16(9-11-26)12-15-6-4-3-5-7-15/h3-7,13-14,16H,8-12H2,1-2H3. The van der Waals surface area contributed by atoms with Crippen molar-refractivity contribution >= 4 is 16.9 Å². The molecule has 2 aromatic heterocycles. The molecule has 1 saturated heterocycles. The second-order valence-corrected chi connectivity index (χ2v) is 7.73. The molecule has 0 atom stereocenters. The first-order valence-corrected chi connectivity index (χ1v) is 9.84. The molecule has 0 N–H and O–H groups in total. The Balaban J connectivity index is 1.51. The van der Waals surface area contributed by atoms with Crippen molar-refractivity contribution in [3.05, 3.63) is 74.6 Å². The summed E-state index contributed by atoms with van der Waals surface area (Å²) in [6, 6.07) is 12.0. The third-order valence-corrected chi connectivity index (χ3v) is 5.81. The average molecular weight is 392 g/mol. The maximum atomic E-state index is 13.0. The van der Waals surface area contributed by atoms with E-state index >= 15 is 0 Å². The van der Waals surface area contributed by atoms with Gasteiger partial charge in [0.15, 0.2) is 0 Å². The van der Waals surface area contributed by atoms with Crippen LogP contribution >= 0.6 is 0 Å². The summed E-state index contributed by atoms with van der Waals surface area (Å²) in [5.41, 5.74) is 1.13. The second kappa shape index (κ2) is 7.66. The van der Waals surface area contributed by atoms with E-state index < -0.39 is 11.2 Å². The van der Waals surface area contributed by atoms with Crippen LogP contribution in [0.3, 0.4) is 0 Å². The van der Waals surface area contributed by atoms with E-state index in [0.29, 0.717) is 24.6 Å². The predicted octanol–water partition coefficient (Wildman–Crippen LogP) is 1.73. The number of piperidine rings is 1. The Hall–Kier alpha value is -3.22. The van der Waals surface area contributed by atoms with Crippen LogP contribution in [0.4, 0.5) is 0 Å². The number of rotatable bonds is 3. The number of carbonyl (C=O) groups excluding carboxylic acids is 1. The number of nitrogens with zero attached hydrogens (tertiary/aromatic N) is 4. The van der Waals surface area contributed by atoms with E-state index in [1.165, 1.54) is 23.4 Å². The minimum atomic E-state index is -0.438. The van der Waals surface area contributed by atoms with Crippen LogP contribution in [0.15, 0.2) is 52.2 Å². The fourth-order valence-electron chi connectivity index (χ4n) is 4.05. The smallest absolute Gasteiger partial charge is 0.332 e. The molecule has 7 heteroatoms. The van der Waals surface area contributed by atoms with E-state index in [4.69, 9.17) is 0 Å². The summed E-state index contributed by atoms with van der Waals surface area (Å²) in [6.07, 6.45) is 4.40. The van der Waals surface area contributed by atoms with Gasteiger partial charge in [0.2, 0.25) is 0 Å². The fourth-order valence-corrected chi connectivity index (χ4v) is 4.05. The second-order valence-electron chi connectivity index (χ2n) is 7.73. The van der Waals surface area contributed by atoms with E-state index in [0.717, 1.165) is 23.8 Å². The van der Waals surface area contributed by atoms with Gasteiger partial charge in [-0.05, 0) is 36.8 Å². The molecule has 4 rings (SSSR count). The van der Waals surface area contributed by atoms with Crippen LogP contribution in [0, 0.1) is 5.92 Å². The Morgan fingerprint density at radius 2 is 1.76 bits per heavy atom. The molecule has 1 aromatic carbocycles. The van der Waals surface area contributed by atoms with Gasteiger partial charge in [-0.2, -0.15) is 0 Å². The van der Waals surface area contributed by atoms with Crippen molar-refractivity contribution < 1.29 is 4.79 Å². The molecular formula is C22H24N4O3. The number of likely N-dealkylation sites (tertiary alicyclic amines) is 1. The van der Waals surface area contributed by atoms with Gasteiger partial charge < -0.3 is 4.90 Å². The number of hydrogen-bond donors (Lipinski definition) is 0. The van der Waals surface area contributed by atoms with Crippen molar-refractivity contribution in [2.75, 3.05) is 13.1 Å². The Morgan fingerprint density at radius 3 is 2.45 bits per heavy atom. The molecule has 3 heterocycles. The molecule has 1 aliphatic heterocycles. The van der Waals surface area contributed by atoms with Gasteiger partial charge in [-0.15, -0.1) is 0 Å². The van der Waals surface area contributed by atoms with Gasteiger partial charge in [0.05, 0.1) is 10.9 Å². The Kier molecular flexibility index (Phi) is 5.05. The zero-order valence-corrected chi connectivity index (χ0v) is 16.7. The van der Waals surface area contributed by atoms with Crippen molar-refractivity contribution in [2.24, 2.45) is 20.0 Å². The van der Waals surface area contributed by atoms with Crippen molar-refractivity contribution in [3.63, 3.8) is 0 Å². The summed E-state index contributed by atoms with van der Waals surface area (Å²) in [4.78, 5) is 43.5. The summed E-state index contributed by atoms with van der Waals surface area (Å²) in [5, 5.41) is 0.277. The van der Waals surface area contributed by atoms with E-state index in [9.17, 15) is 14.4 Å². The SMILES string of the molecule is Cn1c(=O)c2cc(C(=O)N3CCC(Cc4ccccc4)CC3)cnc2n(C)c1=O. The molecule has 0 unspecified atom stereocenters. The molecule has 0 spiro atoms. The summed E-state index contributed by atoms with van der Waals surface area (Å²) < 4.78 is 2.35. The molecule has 1 aliphatic rings. The highest BCUT2D eigenvalue weighted by atomic mass is 16.2. The van der Waals surface area contributed by atoms with Crippen molar-refractivity contribution in [3.8, 4) is 0 Å². The van der Waals surface area contributed by atoms with Crippen LogP contribution in [0.25, 0.3) is 11.0 Å². The molecule has 0 aliphatic carbocycles. The number of amides is 1. The zero-order valence-electron chi connectivity index (χ0n) is 16.7. The molecular weight excluding hydrogens is 368 g/mol. The highest BCUT2D eigenvalue weighted by molar-refractivity contribution is 5.96. The van der Waals surface area contributed by atoms with Crippen LogP contribution in [-0.2, 0) is 20.5 Å². The lowest BCUT2D eigenvalue weighted by atomic mass is 9.90. The monoisotopic (exact) mass is 392 g/mol. The number of benzene rings is 1. The Morgan fingerprint density at radius 1 is 1.07 bits per heavy atom. The van der Waals surface area contributed by atoms with E-state index in [-0.39, 0.29) is 16.9 Å². The summed E-state index contributed by atoms with van der Waals surface area (Å²) in [6.45, 7) is 1.39. The van der Waals surface area contributed by atoms with Crippen LogP contribution in [0.1, 0.15) is 28.8 Å². The number of fused-ring (bicyclic) bond motifs is 1. The number of hydrogen-bond acceptors (Lipinski definition) is 4. The first-order chi connectivity index (χ1) is 14.0. The molecule has 3 aromatic rings. The largest absolute Gasteiger partial charge is 0.339 e. The predicted molar refractivity (Wildman–Crippen MR) is 111 cm³/mol. The average Bonchev–Trinajstić information content (AvgIpc) is 2.76. The van der Waals surface area contributed by atoms with Gasteiger partial charge in [0.1, 0.15) is 5.65 Å². The number of aromatic nitrogens is 3. The van der Waals surface area contributed by atoms with Gasteiger partial charge >= 0.3 is 5.69 Å². The fraction of sp³-hybridized carbons (Fsp3) is 0.364. The number of aryl methyl sites for hydroxylation is 1. The van der Waals surface area contributed by atoms with Crippen molar-refractivity contribution in [2.45, 2.75) is 19.3 Å². The highest BCUT2D eigenvalue weighted by Gasteiger charge is 2.24. The third kappa shape index (κ3) is 3.60. The molecule has 0 bridgehead atoms. The zero-order chi connectivity index (χ0) is 20.5. The minimum Gasteiger partial charge on any atom is -0.339 e. The maximum absolute atomic E-state index is 13.0. The number of pyridine rings is 1. The van der Waals surface area contributed by atoms with Gasteiger partial charge in [0.25, 0.3) is 11.5 Å². The molecule has 150 valence electrons. The first-order valence-electron chi connectivity index (χ1n) is 9.84. The topological polar surface area (TPSA) is 77.2 Å².